The summed E-state index contributed by atoms with van der Waals surface area (Å²) in [6.45, 7) is 2.99. The molecule has 2 rings (SSSR count). The maximum Gasteiger partial charge on any atom is 0.433 e. The molecule has 0 fully saturated rings. The van der Waals surface area contributed by atoms with E-state index in [1.807, 2.05) is 0 Å². The van der Waals surface area contributed by atoms with Crippen molar-refractivity contribution in [2.45, 2.75) is 20.0 Å². The third kappa shape index (κ3) is 2.22. The van der Waals surface area contributed by atoms with Gasteiger partial charge in [0.2, 0.25) is 0 Å². The van der Waals surface area contributed by atoms with E-state index in [1.54, 1.807) is 6.92 Å². The topological polar surface area (TPSA) is 69.4 Å². The first-order valence-corrected chi connectivity index (χ1v) is 4.56. The molecule has 90 valence electrons. The summed E-state index contributed by atoms with van der Waals surface area (Å²) in [6.07, 6.45) is -4.52. The van der Waals surface area contributed by atoms with Gasteiger partial charge in [0, 0.05) is 5.69 Å². The van der Waals surface area contributed by atoms with E-state index in [4.69, 9.17) is 0 Å². The molecule has 17 heavy (non-hydrogen) atoms. The number of hydrogen-bond donors (Lipinski definition) is 0. The lowest BCUT2D eigenvalue weighted by Gasteiger charge is -2.08. The molecular formula is C8H7F3N6. The lowest BCUT2D eigenvalue weighted by Crippen LogP contribution is -2.14. The molecule has 0 aliphatic rings. The van der Waals surface area contributed by atoms with Gasteiger partial charge in [0.1, 0.15) is 5.69 Å². The van der Waals surface area contributed by atoms with Crippen molar-refractivity contribution >= 4 is 0 Å². The highest BCUT2D eigenvalue weighted by molar-refractivity contribution is 5.20. The van der Waals surface area contributed by atoms with E-state index in [-0.39, 0.29) is 11.6 Å². The van der Waals surface area contributed by atoms with Crippen molar-refractivity contribution in [1.82, 2.24) is 30.2 Å². The molecule has 9 heteroatoms. The number of tetrazole rings is 1. The monoisotopic (exact) mass is 244 g/mol. The lowest BCUT2D eigenvalue weighted by molar-refractivity contribution is -0.141. The molecule has 6 nitrogen and oxygen atoms in total. The van der Waals surface area contributed by atoms with Crippen molar-refractivity contribution < 1.29 is 13.2 Å². The summed E-state index contributed by atoms with van der Waals surface area (Å²) in [6, 6.07) is 0.864. The highest BCUT2D eigenvalue weighted by atomic mass is 19.4. The van der Waals surface area contributed by atoms with Crippen molar-refractivity contribution in [2.75, 3.05) is 0 Å². The molecule has 2 aromatic rings. The van der Waals surface area contributed by atoms with Crippen LogP contribution < -0.4 is 0 Å². The summed E-state index contributed by atoms with van der Waals surface area (Å²) in [5, 5.41) is 10.4. The second-order valence-electron chi connectivity index (χ2n) is 3.33. The Balaban J connectivity index is 2.57. The van der Waals surface area contributed by atoms with Gasteiger partial charge in [0.15, 0.2) is 5.82 Å². The second kappa shape index (κ2) is 3.75. The molecule has 0 bridgehead atoms. The molecule has 0 N–H and O–H groups in total. The van der Waals surface area contributed by atoms with E-state index in [1.165, 1.54) is 6.92 Å². The first-order chi connectivity index (χ1) is 7.88. The van der Waals surface area contributed by atoms with Crippen LogP contribution in [-0.2, 0) is 6.18 Å². The van der Waals surface area contributed by atoms with Crippen molar-refractivity contribution in [2.24, 2.45) is 0 Å². The standard InChI is InChI=1S/C8H7F3N6/c1-4-3-6(8(9,10)11)13-7(12-4)17-5(2)14-15-16-17/h3H,1-2H3. The zero-order chi connectivity index (χ0) is 12.6. The van der Waals surface area contributed by atoms with E-state index in [0.29, 0.717) is 5.82 Å². The van der Waals surface area contributed by atoms with E-state index < -0.39 is 11.9 Å². The fourth-order valence-electron chi connectivity index (χ4n) is 1.21. The fraction of sp³-hybridized carbons (Fsp3) is 0.375. The Labute approximate surface area is 93.5 Å². The number of aryl methyl sites for hydroxylation is 2. The minimum atomic E-state index is -4.52. The Kier molecular flexibility index (Phi) is 2.52. The Morgan fingerprint density at radius 2 is 1.88 bits per heavy atom. The predicted octanol–water partition coefficient (Wildman–Crippen LogP) is 1.09. The molecule has 0 spiro atoms. The summed E-state index contributed by atoms with van der Waals surface area (Å²) < 4.78 is 38.7. The van der Waals surface area contributed by atoms with Gasteiger partial charge >= 0.3 is 6.18 Å². The van der Waals surface area contributed by atoms with Crippen LogP contribution in [0.3, 0.4) is 0 Å². The minimum Gasteiger partial charge on any atom is -0.216 e. The van der Waals surface area contributed by atoms with Crippen LogP contribution in [0.1, 0.15) is 17.2 Å². The van der Waals surface area contributed by atoms with Crippen LogP contribution in [-0.4, -0.2) is 30.2 Å². The minimum absolute atomic E-state index is 0.192. The van der Waals surface area contributed by atoms with E-state index in [9.17, 15) is 13.2 Å². The third-order valence-corrected chi connectivity index (χ3v) is 1.95. The van der Waals surface area contributed by atoms with Crippen LogP contribution in [0, 0.1) is 13.8 Å². The molecule has 0 unspecified atom stereocenters. The van der Waals surface area contributed by atoms with Crippen LogP contribution in [0.25, 0.3) is 5.95 Å². The van der Waals surface area contributed by atoms with Gasteiger partial charge in [-0.2, -0.15) is 17.9 Å². The smallest absolute Gasteiger partial charge is 0.216 e. The van der Waals surface area contributed by atoms with Gasteiger partial charge in [0.05, 0.1) is 0 Å². The van der Waals surface area contributed by atoms with Gasteiger partial charge in [-0.05, 0) is 30.3 Å². The quantitative estimate of drug-likeness (QED) is 0.751. The van der Waals surface area contributed by atoms with Crippen LogP contribution in [0.15, 0.2) is 6.07 Å². The lowest BCUT2D eigenvalue weighted by atomic mass is 10.3. The summed E-state index contributed by atoms with van der Waals surface area (Å²) in [7, 11) is 0. The maximum absolute atomic E-state index is 12.5. The molecule has 0 saturated heterocycles. The second-order valence-corrected chi connectivity index (χ2v) is 3.33. The molecule has 0 radical (unpaired) electrons. The van der Waals surface area contributed by atoms with Gasteiger partial charge < -0.3 is 0 Å². The molecule has 0 atom stereocenters. The SMILES string of the molecule is Cc1cc(C(F)(F)F)nc(-n2nnnc2C)n1. The van der Waals surface area contributed by atoms with Gasteiger partial charge in [0.25, 0.3) is 5.95 Å². The Bertz CT molecular complexity index is 546. The number of nitrogens with zero attached hydrogens (tertiary/aromatic N) is 6. The number of rotatable bonds is 1. The largest absolute Gasteiger partial charge is 0.433 e. The zero-order valence-electron chi connectivity index (χ0n) is 8.89. The zero-order valence-corrected chi connectivity index (χ0v) is 8.89. The van der Waals surface area contributed by atoms with Crippen molar-refractivity contribution in [3.63, 3.8) is 0 Å². The highest BCUT2D eigenvalue weighted by Gasteiger charge is 2.33. The van der Waals surface area contributed by atoms with Crippen LogP contribution in [0.2, 0.25) is 0 Å². The predicted molar refractivity (Wildman–Crippen MR) is 49.2 cm³/mol. The summed E-state index contributed by atoms with van der Waals surface area (Å²) >= 11 is 0. The molecule has 2 aromatic heterocycles. The first kappa shape index (κ1) is 11.4. The number of hydrogen-bond acceptors (Lipinski definition) is 5. The van der Waals surface area contributed by atoms with Crippen LogP contribution in [0.5, 0.6) is 0 Å². The van der Waals surface area contributed by atoms with E-state index in [2.05, 4.69) is 25.5 Å². The summed E-state index contributed by atoms with van der Waals surface area (Å²) in [4.78, 5) is 7.25. The van der Waals surface area contributed by atoms with Gasteiger partial charge in [-0.15, -0.1) is 5.10 Å². The van der Waals surface area contributed by atoms with Gasteiger partial charge in [-0.25, -0.2) is 9.97 Å². The summed E-state index contributed by atoms with van der Waals surface area (Å²) in [5.41, 5.74) is -0.827. The van der Waals surface area contributed by atoms with Crippen LogP contribution >= 0.6 is 0 Å². The first-order valence-electron chi connectivity index (χ1n) is 4.56. The van der Waals surface area contributed by atoms with E-state index >= 15 is 0 Å². The number of halogens is 3. The van der Waals surface area contributed by atoms with Crippen molar-refractivity contribution in [3.05, 3.63) is 23.3 Å². The Morgan fingerprint density at radius 1 is 1.18 bits per heavy atom. The molecule has 0 amide bonds. The van der Waals surface area contributed by atoms with E-state index in [0.717, 1.165) is 10.7 Å². The average molecular weight is 244 g/mol. The highest BCUT2D eigenvalue weighted by Crippen LogP contribution is 2.28. The Hall–Kier alpha value is -2.06. The van der Waals surface area contributed by atoms with Crippen LogP contribution in [0.4, 0.5) is 13.2 Å². The number of alkyl halides is 3. The Morgan fingerprint density at radius 3 is 2.41 bits per heavy atom. The fourth-order valence-corrected chi connectivity index (χ4v) is 1.21. The molecule has 0 aliphatic heterocycles. The van der Waals surface area contributed by atoms with Crippen molar-refractivity contribution in [1.29, 1.82) is 0 Å². The molecule has 0 aliphatic carbocycles. The van der Waals surface area contributed by atoms with Crippen molar-refractivity contribution in [3.8, 4) is 5.95 Å². The normalized spacial score (nSPS) is 11.8. The average Bonchev–Trinajstić information content (AvgIpc) is 2.62. The van der Waals surface area contributed by atoms with Gasteiger partial charge in [-0.1, -0.05) is 0 Å². The van der Waals surface area contributed by atoms with Gasteiger partial charge in [-0.3, -0.25) is 0 Å². The molecule has 0 saturated carbocycles. The summed E-state index contributed by atoms with van der Waals surface area (Å²) in [5.74, 6) is 0.114. The third-order valence-electron chi connectivity index (χ3n) is 1.95. The molecular weight excluding hydrogens is 237 g/mol. The number of aromatic nitrogens is 6. The maximum atomic E-state index is 12.5. The molecule has 0 aromatic carbocycles. The molecule has 2 heterocycles.